The monoisotopic (exact) mass is 313 g/mol. The van der Waals surface area contributed by atoms with Crippen LogP contribution in [0.5, 0.6) is 0 Å². The molecule has 0 spiro atoms. The summed E-state index contributed by atoms with van der Waals surface area (Å²) >= 11 is 0. The molecule has 0 saturated carbocycles. The number of rotatable bonds is 8. The van der Waals surface area contributed by atoms with Gasteiger partial charge in [0.15, 0.2) is 0 Å². The van der Waals surface area contributed by atoms with Crippen LogP contribution in [0.15, 0.2) is 18.2 Å². The Kier molecular flexibility index (Phi) is 6.64. The van der Waals surface area contributed by atoms with Gasteiger partial charge in [-0.1, -0.05) is 24.6 Å². The second-order valence-corrected chi connectivity index (χ2v) is 7.36. The number of nitrogens with zero attached hydrogens (tertiary/aromatic N) is 2. The first kappa shape index (κ1) is 17.9. The minimum absolute atomic E-state index is 0.505. The van der Waals surface area contributed by atoms with Gasteiger partial charge in [0.2, 0.25) is 0 Å². The molecule has 6 heteroatoms. The third kappa shape index (κ3) is 4.69. The van der Waals surface area contributed by atoms with Crippen LogP contribution in [0.4, 0.5) is 5.69 Å². The molecule has 1 N–H and O–H groups in total. The van der Waals surface area contributed by atoms with Crippen molar-refractivity contribution >= 4 is 15.9 Å². The van der Waals surface area contributed by atoms with Gasteiger partial charge >= 0.3 is 10.2 Å². The first-order valence-corrected chi connectivity index (χ1v) is 8.68. The van der Waals surface area contributed by atoms with E-state index in [1.54, 1.807) is 14.1 Å². The van der Waals surface area contributed by atoms with Crippen LogP contribution >= 0.6 is 0 Å². The van der Waals surface area contributed by atoms with E-state index in [2.05, 4.69) is 5.32 Å². The van der Waals surface area contributed by atoms with Gasteiger partial charge in [0.25, 0.3) is 0 Å². The fraction of sp³-hybridized carbons (Fsp3) is 0.600. The van der Waals surface area contributed by atoms with E-state index in [9.17, 15) is 8.42 Å². The Bertz CT molecular complexity index is 558. The molecule has 0 atom stereocenters. The van der Waals surface area contributed by atoms with E-state index < -0.39 is 10.2 Å². The quantitative estimate of drug-likeness (QED) is 0.746. The van der Waals surface area contributed by atoms with Gasteiger partial charge < -0.3 is 5.32 Å². The average molecular weight is 313 g/mol. The molecule has 0 aromatic heterocycles. The van der Waals surface area contributed by atoms with Crippen molar-refractivity contribution in [1.29, 1.82) is 0 Å². The van der Waals surface area contributed by atoms with Gasteiger partial charge in [-0.05, 0) is 45.0 Å². The van der Waals surface area contributed by atoms with Gasteiger partial charge in [-0.15, -0.1) is 0 Å². The van der Waals surface area contributed by atoms with Crippen LogP contribution in [0, 0.1) is 13.8 Å². The molecule has 0 aliphatic rings. The van der Waals surface area contributed by atoms with E-state index in [0.29, 0.717) is 6.54 Å². The molecular weight excluding hydrogens is 286 g/mol. The Morgan fingerprint density at radius 3 is 2.43 bits per heavy atom. The molecule has 0 saturated heterocycles. The predicted octanol–water partition coefficient (Wildman–Crippen LogP) is 1.92. The molecule has 0 fully saturated rings. The number of hydrogen-bond acceptors (Lipinski definition) is 3. The Hall–Kier alpha value is -1.11. The number of benzene rings is 1. The van der Waals surface area contributed by atoms with E-state index in [1.165, 1.54) is 8.61 Å². The highest BCUT2D eigenvalue weighted by Crippen LogP contribution is 2.23. The topological polar surface area (TPSA) is 52.7 Å². The number of aryl methyl sites for hydroxylation is 2. The fourth-order valence-corrected chi connectivity index (χ4v) is 3.44. The molecule has 0 bridgehead atoms. The summed E-state index contributed by atoms with van der Waals surface area (Å²) in [5.41, 5.74) is 2.81. The lowest BCUT2D eigenvalue weighted by atomic mass is 10.1. The highest BCUT2D eigenvalue weighted by Gasteiger charge is 2.24. The van der Waals surface area contributed by atoms with Gasteiger partial charge in [-0.3, -0.25) is 4.31 Å². The standard InChI is InChI=1S/C15H27N3O2S/c1-6-16-10-7-11-17(4)21(19,20)18(5)15-9-8-13(2)12-14(15)3/h8-9,12,16H,6-7,10-11H2,1-5H3. The van der Waals surface area contributed by atoms with Crippen LogP contribution < -0.4 is 9.62 Å². The van der Waals surface area contributed by atoms with Gasteiger partial charge in [-0.2, -0.15) is 12.7 Å². The molecule has 1 aromatic carbocycles. The third-order valence-corrected chi connectivity index (χ3v) is 5.37. The van der Waals surface area contributed by atoms with E-state index >= 15 is 0 Å². The molecule has 0 aliphatic carbocycles. The van der Waals surface area contributed by atoms with Crippen molar-refractivity contribution in [3.05, 3.63) is 29.3 Å². The van der Waals surface area contributed by atoms with Crippen LogP contribution in [0.25, 0.3) is 0 Å². The molecular formula is C15H27N3O2S. The van der Waals surface area contributed by atoms with E-state index in [0.717, 1.165) is 36.3 Å². The summed E-state index contributed by atoms with van der Waals surface area (Å²) in [6, 6.07) is 5.78. The van der Waals surface area contributed by atoms with E-state index in [1.807, 2.05) is 39.0 Å². The minimum atomic E-state index is -3.48. The maximum absolute atomic E-state index is 12.6. The van der Waals surface area contributed by atoms with Gasteiger partial charge in [0.1, 0.15) is 0 Å². The molecule has 0 unspecified atom stereocenters. The van der Waals surface area contributed by atoms with Gasteiger partial charge in [-0.25, -0.2) is 0 Å². The average Bonchev–Trinajstić information content (AvgIpc) is 2.42. The molecule has 0 aliphatic heterocycles. The summed E-state index contributed by atoms with van der Waals surface area (Å²) < 4.78 is 27.9. The summed E-state index contributed by atoms with van der Waals surface area (Å²) in [5, 5.41) is 3.20. The van der Waals surface area contributed by atoms with Crippen LogP contribution in [-0.4, -0.2) is 46.5 Å². The second-order valence-electron chi connectivity index (χ2n) is 5.29. The second kappa shape index (κ2) is 7.77. The minimum Gasteiger partial charge on any atom is -0.317 e. The highest BCUT2D eigenvalue weighted by molar-refractivity contribution is 7.90. The third-order valence-electron chi connectivity index (χ3n) is 3.51. The summed E-state index contributed by atoms with van der Waals surface area (Å²) in [6.07, 6.45) is 0.796. The Balaban J connectivity index is 2.80. The van der Waals surface area contributed by atoms with E-state index in [4.69, 9.17) is 0 Å². The maximum Gasteiger partial charge on any atom is 0.303 e. The highest BCUT2D eigenvalue weighted by atomic mass is 32.2. The Labute approximate surface area is 129 Å². The summed E-state index contributed by atoms with van der Waals surface area (Å²) in [6.45, 7) is 8.19. The van der Waals surface area contributed by atoms with Gasteiger partial charge in [0.05, 0.1) is 5.69 Å². The van der Waals surface area contributed by atoms with Crippen molar-refractivity contribution in [2.45, 2.75) is 27.2 Å². The molecule has 120 valence electrons. The SMILES string of the molecule is CCNCCCN(C)S(=O)(=O)N(C)c1ccc(C)cc1C. The zero-order valence-electron chi connectivity index (χ0n) is 13.7. The molecule has 5 nitrogen and oxygen atoms in total. The zero-order valence-corrected chi connectivity index (χ0v) is 14.5. The Morgan fingerprint density at radius 1 is 1.19 bits per heavy atom. The molecule has 21 heavy (non-hydrogen) atoms. The largest absolute Gasteiger partial charge is 0.317 e. The number of nitrogens with one attached hydrogen (secondary N) is 1. The van der Waals surface area contributed by atoms with Crippen LogP contribution in [0.3, 0.4) is 0 Å². The summed E-state index contributed by atoms with van der Waals surface area (Å²) in [5.74, 6) is 0. The van der Waals surface area contributed by atoms with Gasteiger partial charge in [0, 0.05) is 20.6 Å². The lowest BCUT2D eigenvalue weighted by Crippen LogP contribution is -2.41. The van der Waals surface area contributed by atoms with Crippen molar-refractivity contribution in [3.8, 4) is 0 Å². The molecule has 0 amide bonds. The molecule has 0 radical (unpaired) electrons. The number of hydrogen-bond donors (Lipinski definition) is 1. The van der Waals surface area contributed by atoms with Crippen molar-refractivity contribution < 1.29 is 8.42 Å². The predicted molar refractivity (Wildman–Crippen MR) is 89.0 cm³/mol. The van der Waals surface area contributed by atoms with Crippen LogP contribution in [-0.2, 0) is 10.2 Å². The lowest BCUT2D eigenvalue weighted by molar-refractivity contribution is 0.454. The fourth-order valence-electron chi connectivity index (χ4n) is 2.21. The zero-order chi connectivity index (χ0) is 16.0. The molecule has 1 rings (SSSR count). The van der Waals surface area contributed by atoms with Crippen molar-refractivity contribution in [1.82, 2.24) is 9.62 Å². The van der Waals surface area contributed by atoms with E-state index in [-0.39, 0.29) is 0 Å². The summed E-state index contributed by atoms with van der Waals surface area (Å²) in [7, 11) is -0.244. The van der Waals surface area contributed by atoms with Crippen LogP contribution in [0.2, 0.25) is 0 Å². The summed E-state index contributed by atoms with van der Waals surface area (Å²) in [4.78, 5) is 0. The van der Waals surface area contributed by atoms with Crippen molar-refractivity contribution in [3.63, 3.8) is 0 Å². The molecule has 1 aromatic rings. The first-order chi connectivity index (χ1) is 9.80. The normalized spacial score (nSPS) is 11.9. The van der Waals surface area contributed by atoms with Crippen molar-refractivity contribution in [2.24, 2.45) is 0 Å². The maximum atomic E-state index is 12.6. The van der Waals surface area contributed by atoms with Crippen molar-refractivity contribution in [2.75, 3.05) is 38.0 Å². The number of anilines is 1. The smallest absolute Gasteiger partial charge is 0.303 e. The Morgan fingerprint density at radius 2 is 1.86 bits per heavy atom. The first-order valence-electron chi connectivity index (χ1n) is 7.28. The molecule has 0 heterocycles. The lowest BCUT2D eigenvalue weighted by Gasteiger charge is -2.27. The van der Waals surface area contributed by atoms with Crippen LogP contribution in [0.1, 0.15) is 24.5 Å².